The lowest BCUT2D eigenvalue weighted by atomic mass is 9.49. The zero-order valence-corrected chi connectivity index (χ0v) is 33.8. The van der Waals surface area contributed by atoms with Crippen LogP contribution in [0, 0.1) is 0 Å². The molecule has 0 aliphatic heterocycles. The third-order valence-corrected chi connectivity index (χ3v) is 13.5. The van der Waals surface area contributed by atoms with Gasteiger partial charge in [0.15, 0.2) is 7.85 Å². The molecule has 4 nitrogen and oxygen atoms in total. The zero-order valence-electron chi connectivity index (χ0n) is 32.9. The van der Waals surface area contributed by atoms with Crippen molar-refractivity contribution < 1.29 is 10.2 Å². The van der Waals surface area contributed by atoms with Gasteiger partial charge in [-0.05, 0) is 114 Å². The van der Waals surface area contributed by atoms with Crippen LogP contribution in [0.25, 0.3) is 103 Å². The molecule has 2 aromatic heterocycles. The highest BCUT2D eigenvalue weighted by atomic mass is 32.1. The van der Waals surface area contributed by atoms with Gasteiger partial charge in [0.05, 0.1) is 11.0 Å². The van der Waals surface area contributed by atoms with Crippen molar-refractivity contribution >= 4 is 98.4 Å². The number of aliphatic hydroxyl groups is 2. The average molecular weight is 774 g/mol. The molecule has 0 saturated carbocycles. The molecule has 8 heteroatoms. The molecule has 278 valence electrons. The van der Waals surface area contributed by atoms with Gasteiger partial charge in [0.1, 0.15) is 27.0 Å². The standard InChI is InChI=1S/C51H37B3N2O2S/c52-50(57,51(53,54)58)49-55-42-17-7-8-18-43(42)56(49)35-25-23-31-27-34(22-21-32(31)28-35)46-36-13-4-5-14-37(36)47(41-29-33(24-26-38(41)46)30-11-2-1-3-12-30)40-16-10-20-45-48(40)39-15-6-9-19-44(39)59-45/h1-29,57-58H,52-54H2. The highest BCUT2D eigenvalue weighted by Gasteiger charge is 2.43. The Hall–Kier alpha value is -6.44. The molecule has 11 rings (SSSR count). The lowest BCUT2D eigenvalue weighted by molar-refractivity contribution is -0.00426. The Morgan fingerprint density at radius 2 is 1.14 bits per heavy atom. The van der Waals surface area contributed by atoms with Gasteiger partial charge >= 0.3 is 0 Å². The molecule has 0 amide bonds. The maximum Gasteiger partial charge on any atom is 0.154 e. The number of thiophene rings is 1. The first-order valence-corrected chi connectivity index (χ1v) is 20.9. The molecule has 0 radical (unpaired) electrons. The van der Waals surface area contributed by atoms with E-state index in [9.17, 15) is 10.2 Å². The van der Waals surface area contributed by atoms with E-state index >= 15 is 0 Å². The summed E-state index contributed by atoms with van der Waals surface area (Å²) in [4.78, 5) is 4.86. The number of para-hydroxylation sites is 2. The van der Waals surface area contributed by atoms with Gasteiger partial charge < -0.3 is 10.2 Å². The number of hydrogen-bond acceptors (Lipinski definition) is 4. The first-order valence-electron chi connectivity index (χ1n) is 20.1. The number of rotatable bonds is 6. The van der Waals surface area contributed by atoms with Crippen LogP contribution < -0.4 is 0 Å². The molecule has 9 aromatic carbocycles. The van der Waals surface area contributed by atoms with E-state index in [1.54, 1.807) is 23.5 Å². The smallest absolute Gasteiger partial charge is 0.154 e. The predicted molar refractivity (Wildman–Crippen MR) is 257 cm³/mol. The summed E-state index contributed by atoms with van der Waals surface area (Å²) >= 11 is 1.86. The SMILES string of the molecule is BC(B)(O)C(B)(O)c1nc2ccccc2n1-c1ccc2cc(-c3c4ccccc4c(-c4cccc5sc6ccccc6c45)c4cc(-c5ccccc5)ccc34)ccc2c1. The minimum atomic E-state index is -1.62. The van der Waals surface area contributed by atoms with Gasteiger partial charge in [-0.15, -0.1) is 11.3 Å². The van der Waals surface area contributed by atoms with Crippen molar-refractivity contribution in [3.05, 3.63) is 182 Å². The van der Waals surface area contributed by atoms with Crippen LogP contribution in [0.4, 0.5) is 0 Å². The zero-order chi connectivity index (χ0) is 40.0. The lowest BCUT2D eigenvalue weighted by Gasteiger charge is -2.36. The fraction of sp³-hybridized carbons (Fsp3) is 0.0392. The first-order chi connectivity index (χ1) is 28.7. The highest BCUT2D eigenvalue weighted by Crippen LogP contribution is 2.49. The summed E-state index contributed by atoms with van der Waals surface area (Å²) in [5.74, 6) is 0.390. The second-order valence-corrected chi connectivity index (χ2v) is 17.4. The minimum absolute atomic E-state index is 0.390. The van der Waals surface area contributed by atoms with Gasteiger partial charge in [-0.2, -0.15) is 0 Å². The van der Waals surface area contributed by atoms with Gasteiger partial charge in [-0.25, -0.2) is 4.98 Å². The van der Waals surface area contributed by atoms with Crippen LogP contribution in [-0.2, 0) is 5.50 Å². The number of imidazole rings is 1. The third kappa shape index (κ3) is 5.59. The van der Waals surface area contributed by atoms with E-state index < -0.39 is 10.9 Å². The van der Waals surface area contributed by atoms with Crippen molar-refractivity contribution in [2.75, 3.05) is 0 Å². The quantitative estimate of drug-likeness (QED) is 0.131. The topological polar surface area (TPSA) is 58.3 Å². The van der Waals surface area contributed by atoms with E-state index in [1.165, 1.54) is 69.5 Å². The van der Waals surface area contributed by atoms with Crippen molar-refractivity contribution in [3.8, 4) is 39.1 Å². The Bertz CT molecular complexity index is 3480. The number of fused-ring (bicyclic) bond motifs is 7. The van der Waals surface area contributed by atoms with Crippen LogP contribution in [0.15, 0.2) is 176 Å². The summed E-state index contributed by atoms with van der Waals surface area (Å²) in [7, 11) is 4.86. The normalized spacial score (nSPS) is 13.3. The summed E-state index contributed by atoms with van der Waals surface area (Å²) < 4.78 is 4.56. The second kappa shape index (κ2) is 13.3. The lowest BCUT2D eigenvalue weighted by Crippen LogP contribution is -2.54. The van der Waals surface area contributed by atoms with Gasteiger partial charge in [-0.1, -0.05) is 127 Å². The van der Waals surface area contributed by atoms with E-state index in [-0.39, 0.29) is 0 Å². The van der Waals surface area contributed by atoms with E-state index in [0.29, 0.717) is 5.82 Å². The number of hydrogen-bond donors (Lipinski definition) is 2. The molecule has 0 fully saturated rings. The molecule has 59 heavy (non-hydrogen) atoms. The summed E-state index contributed by atoms with van der Waals surface area (Å²) in [6, 6.07) is 63.1. The van der Waals surface area contributed by atoms with Crippen molar-refractivity contribution in [1.29, 1.82) is 0 Å². The van der Waals surface area contributed by atoms with Crippen molar-refractivity contribution in [2.24, 2.45) is 0 Å². The highest BCUT2D eigenvalue weighted by molar-refractivity contribution is 7.26. The second-order valence-electron chi connectivity index (χ2n) is 16.3. The predicted octanol–water partition coefficient (Wildman–Crippen LogP) is 9.54. The Morgan fingerprint density at radius 3 is 1.95 bits per heavy atom. The van der Waals surface area contributed by atoms with E-state index in [4.69, 9.17) is 4.98 Å². The molecule has 0 saturated heterocycles. The number of nitrogens with zero attached hydrogens (tertiary/aromatic N) is 2. The molecular weight excluding hydrogens is 737 g/mol. The van der Waals surface area contributed by atoms with Crippen LogP contribution in [0.1, 0.15) is 5.82 Å². The van der Waals surface area contributed by atoms with Crippen molar-refractivity contribution in [3.63, 3.8) is 0 Å². The summed E-state index contributed by atoms with van der Waals surface area (Å²) in [6.07, 6.45) is 0. The van der Waals surface area contributed by atoms with Crippen LogP contribution in [0.2, 0.25) is 0 Å². The summed E-state index contributed by atoms with van der Waals surface area (Å²) in [6.45, 7) is 0. The van der Waals surface area contributed by atoms with Gasteiger partial charge in [0.2, 0.25) is 0 Å². The van der Waals surface area contributed by atoms with Gasteiger partial charge in [-0.3, -0.25) is 4.57 Å². The largest absolute Gasteiger partial charge is 0.405 e. The van der Waals surface area contributed by atoms with Gasteiger partial charge in [0.25, 0.3) is 0 Å². The van der Waals surface area contributed by atoms with E-state index in [0.717, 1.165) is 33.1 Å². The molecule has 0 aliphatic rings. The Kier molecular flexibility index (Phi) is 8.05. The Balaban J connectivity index is 1.15. The van der Waals surface area contributed by atoms with E-state index in [1.807, 2.05) is 40.2 Å². The van der Waals surface area contributed by atoms with Crippen LogP contribution in [0.5, 0.6) is 0 Å². The minimum Gasteiger partial charge on any atom is -0.405 e. The molecule has 2 N–H and O–H groups in total. The molecule has 0 bridgehead atoms. The monoisotopic (exact) mass is 774 g/mol. The van der Waals surface area contributed by atoms with Crippen LogP contribution >= 0.6 is 11.3 Å². The maximum absolute atomic E-state index is 11.7. The first kappa shape index (κ1) is 35.7. The Labute approximate surface area is 348 Å². The van der Waals surface area contributed by atoms with Gasteiger partial charge in [0, 0.05) is 31.3 Å². The molecule has 1 unspecified atom stereocenters. The van der Waals surface area contributed by atoms with Crippen LogP contribution in [0.3, 0.4) is 0 Å². The molecular formula is C51H37B3N2O2S. The van der Waals surface area contributed by atoms with Crippen molar-refractivity contribution in [1.82, 2.24) is 9.55 Å². The molecule has 0 spiro atoms. The molecule has 0 aliphatic carbocycles. The molecule has 11 aromatic rings. The fourth-order valence-corrected chi connectivity index (χ4v) is 10.1. The van der Waals surface area contributed by atoms with Crippen LogP contribution in [-0.4, -0.2) is 48.7 Å². The maximum atomic E-state index is 11.7. The molecule has 1 atom stereocenters. The van der Waals surface area contributed by atoms with Crippen molar-refractivity contribution in [2.45, 2.75) is 10.9 Å². The third-order valence-electron chi connectivity index (χ3n) is 12.4. The average Bonchev–Trinajstić information content (AvgIpc) is 3.85. The fourth-order valence-electron chi connectivity index (χ4n) is 8.99. The summed E-state index contributed by atoms with van der Waals surface area (Å²) in [5, 5.41) is 31.0. The Morgan fingerprint density at radius 1 is 0.492 bits per heavy atom. The molecule has 2 heterocycles. The number of aromatic nitrogens is 2. The van der Waals surface area contributed by atoms with E-state index in [2.05, 4.69) is 152 Å². The summed E-state index contributed by atoms with van der Waals surface area (Å²) in [5.41, 5.74) is 8.08. The number of benzene rings is 9.